The molecular weight excluding hydrogens is 312 g/mol. The zero-order valence-electron chi connectivity index (χ0n) is 14.9. The molecule has 0 atom stereocenters. The fourth-order valence-corrected chi connectivity index (χ4v) is 3.31. The van der Waals surface area contributed by atoms with Crippen LogP contribution in [0.4, 0.5) is 5.82 Å². The van der Waals surface area contributed by atoms with Crippen LogP contribution in [0.25, 0.3) is 11.0 Å². The number of anilines is 1. The Labute approximate surface area is 148 Å². The lowest BCUT2D eigenvalue weighted by Gasteiger charge is -2.33. The van der Waals surface area contributed by atoms with Gasteiger partial charge in [0.05, 0.1) is 18.1 Å². The molecule has 6 heteroatoms. The summed E-state index contributed by atoms with van der Waals surface area (Å²) in [4.78, 5) is 13.7. The van der Waals surface area contributed by atoms with Crippen LogP contribution in [-0.2, 0) is 6.54 Å². The summed E-state index contributed by atoms with van der Waals surface area (Å²) < 4.78 is 1.97. The molecule has 25 heavy (non-hydrogen) atoms. The molecule has 2 aromatic heterocycles. The Morgan fingerprint density at radius 3 is 2.76 bits per heavy atom. The zero-order valence-corrected chi connectivity index (χ0v) is 14.9. The van der Waals surface area contributed by atoms with Crippen LogP contribution in [0.1, 0.15) is 13.3 Å². The molecule has 1 aliphatic carbocycles. The van der Waals surface area contributed by atoms with E-state index in [2.05, 4.69) is 63.1 Å². The minimum absolute atomic E-state index is 0.725. The van der Waals surface area contributed by atoms with E-state index in [1.807, 2.05) is 10.9 Å². The van der Waals surface area contributed by atoms with E-state index in [0.29, 0.717) is 0 Å². The maximum Gasteiger partial charge on any atom is 0.163 e. The summed E-state index contributed by atoms with van der Waals surface area (Å²) in [5.74, 6) is 1.01. The van der Waals surface area contributed by atoms with Crippen molar-refractivity contribution in [2.45, 2.75) is 19.9 Å². The summed E-state index contributed by atoms with van der Waals surface area (Å²) >= 11 is 0. The van der Waals surface area contributed by atoms with Gasteiger partial charge in [-0.25, -0.2) is 14.6 Å². The normalized spacial score (nSPS) is 19.0. The van der Waals surface area contributed by atoms with E-state index in [0.717, 1.165) is 56.0 Å². The van der Waals surface area contributed by atoms with Gasteiger partial charge >= 0.3 is 0 Å². The van der Waals surface area contributed by atoms with Gasteiger partial charge in [0, 0.05) is 26.2 Å². The first-order valence-electron chi connectivity index (χ1n) is 8.83. The van der Waals surface area contributed by atoms with Gasteiger partial charge in [-0.1, -0.05) is 29.9 Å². The monoisotopic (exact) mass is 336 g/mol. The Bertz CT molecular complexity index is 852. The first-order chi connectivity index (χ1) is 12.2. The summed E-state index contributed by atoms with van der Waals surface area (Å²) in [6.07, 6.45) is 13.3. The second-order valence-electron chi connectivity index (χ2n) is 6.89. The van der Waals surface area contributed by atoms with Gasteiger partial charge in [0.2, 0.25) is 0 Å². The molecule has 0 aromatic carbocycles. The lowest BCUT2D eigenvalue weighted by Crippen LogP contribution is -2.44. The van der Waals surface area contributed by atoms with Gasteiger partial charge in [0.15, 0.2) is 5.65 Å². The Kier molecular flexibility index (Phi) is 4.36. The molecule has 2 aliphatic rings. The highest BCUT2D eigenvalue weighted by atomic mass is 15.3. The third kappa shape index (κ3) is 3.35. The molecule has 1 saturated heterocycles. The van der Waals surface area contributed by atoms with Crippen LogP contribution in [0.2, 0.25) is 0 Å². The van der Waals surface area contributed by atoms with Crippen molar-refractivity contribution in [1.29, 1.82) is 0 Å². The molecule has 0 bridgehead atoms. The van der Waals surface area contributed by atoms with Gasteiger partial charge < -0.3 is 9.80 Å². The molecule has 0 N–H and O–H groups in total. The number of hydrogen-bond acceptors (Lipinski definition) is 5. The molecule has 6 nitrogen and oxygen atoms in total. The lowest BCUT2D eigenvalue weighted by atomic mass is 10.2. The summed E-state index contributed by atoms with van der Waals surface area (Å²) in [5.41, 5.74) is 3.51. The van der Waals surface area contributed by atoms with Crippen LogP contribution < -0.4 is 4.90 Å². The maximum absolute atomic E-state index is 4.59. The Morgan fingerprint density at radius 2 is 1.92 bits per heavy atom. The predicted molar refractivity (Wildman–Crippen MR) is 101 cm³/mol. The highest BCUT2D eigenvalue weighted by Gasteiger charge is 2.19. The molecule has 1 fully saturated rings. The van der Waals surface area contributed by atoms with Crippen LogP contribution in [-0.4, -0.2) is 57.9 Å². The Morgan fingerprint density at radius 1 is 1.08 bits per heavy atom. The van der Waals surface area contributed by atoms with Crippen molar-refractivity contribution in [3.8, 4) is 0 Å². The largest absolute Gasteiger partial charge is 0.353 e. The van der Waals surface area contributed by atoms with Crippen LogP contribution >= 0.6 is 0 Å². The highest BCUT2D eigenvalue weighted by Crippen LogP contribution is 2.24. The van der Waals surface area contributed by atoms with E-state index in [-0.39, 0.29) is 0 Å². The smallest absolute Gasteiger partial charge is 0.163 e. The minimum Gasteiger partial charge on any atom is -0.353 e. The van der Waals surface area contributed by atoms with Gasteiger partial charge in [-0.05, 0) is 26.0 Å². The van der Waals surface area contributed by atoms with Crippen LogP contribution in [0, 0.1) is 0 Å². The topological polar surface area (TPSA) is 50.1 Å². The van der Waals surface area contributed by atoms with E-state index in [4.69, 9.17) is 0 Å². The predicted octanol–water partition coefficient (Wildman–Crippen LogP) is 2.41. The van der Waals surface area contributed by atoms with Crippen molar-refractivity contribution in [2.24, 2.45) is 0 Å². The Balaban J connectivity index is 1.63. The summed E-state index contributed by atoms with van der Waals surface area (Å²) in [7, 11) is 2.16. The van der Waals surface area contributed by atoms with E-state index in [1.54, 1.807) is 6.33 Å². The number of allylic oxidation sites excluding steroid dienone is 6. The summed E-state index contributed by atoms with van der Waals surface area (Å²) in [6, 6.07) is 0. The molecule has 0 amide bonds. The van der Waals surface area contributed by atoms with Gasteiger partial charge in [0.1, 0.15) is 12.1 Å². The van der Waals surface area contributed by atoms with Crippen LogP contribution in [0.15, 0.2) is 48.0 Å². The average Bonchev–Trinajstić information content (AvgIpc) is 2.91. The quantitative estimate of drug-likeness (QED) is 0.861. The number of rotatable bonds is 3. The van der Waals surface area contributed by atoms with Crippen molar-refractivity contribution in [3.63, 3.8) is 0 Å². The average molecular weight is 336 g/mol. The van der Waals surface area contributed by atoms with Crippen LogP contribution in [0.5, 0.6) is 0 Å². The molecule has 0 saturated carbocycles. The van der Waals surface area contributed by atoms with Gasteiger partial charge in [-0.15, -0.1) is 0 Å². The SMILES string of the molecule is CC1=CC=C(Cn2ncc3c(N4CCN(C)CC4)ncnc32)C=CC1. The van der Waals surface area contributed by atoms with Crippen molar-refractivity contribution in [2.75, 3.05) is 38.1 Å². The first kappa shape index (κ1) is 16.0. The Hall–Kier alpha value is -2.47. The lowest BCUT2D eigenvalue weighted by molar-refractivity contribution is 0.312. The van der Waals surface area contributed by atoms with Crippen LogP contribution in [0.3, 0.4) is 0 Å². The molecule has 130 valence electrons. The number of likely N-dealkylation sites (N-methyl/N-ethyl adjacent to an activating group) is 1. The number of piperazine rings is 1. The second-order valence-corrected chi connectivity index (χ2v) is 6.89. The molecule has 1 aliphatic heterocycles. The second kappa shape index (κ2) is 6.80. The standard InChI is InChI=1S/C19H24N6/c1-15-4-3-5-16(7-6-15)13-25-19-17(12-22-25)18(20-14-21-19)24-10-8-23(2)9-11-24/h3,5-7,12,14H,4,8-11,13H2,1-2H3. The van der Waals surface area contributed by atoms with Crippen molar-refractivity contribution < 1.29 is 0 Å². The number of aromatic nitrogens is 4. The zero-order chi connectivity index (χ0) is 17.2. The number of hydrogen-bond donors (Lipinski definition) is 0. The first-order valence-corrected chi connectivity index (χ1v) is 8.83. The van der Waals surface area contributed by atoms with Crippen molar-refractivity contribution in [1.82, 2.24) is 24.6 Å². The molecule has 0 unspecified atom stereocenters. The summed E-state index contributed by atoms with van der Waals surface area (Å²) in [5, 5.41) is 5.63. The molecule has 4 rings (SSSR count). The molecule has 0 spiro atoms. The number of fused-ring (bicyclic) bond motifs is 1. The molecule has 3 heterocycles. The molecule has 0 radical (unpaired) electrons. The van der Waals surface area contributed by atoms with E-state index in [1.165, 1.54) is 11.1 Å². The molecular formula is C19H24N6. The highest BCUT2D eigenvalue weighted by molar-refractivity contribution is 5.86. The maximum atomic E-state index is 4.59. The van der Waals surface area contributed by atoms with Crippen molar-refractivity contribution >= 4 is 16.9 Å². The van der Waals surface area contributed by atoms with Gasteiger partial charge in [0.25, 0.3) is 0 Å². The number of nitrogens with zero attached hydrogens (tertiary/aromatic N) is 6. The minimum atomic E-state index is 0.725. The van der Waals surface area contributed by atoms with Gasteiger partial charge in [-0.3, -0.25) is 0 Å². The molecule has 2 aromatic rings. The summed E-state index contributed by atoms with van der Waals surface area (Å²) in [6.45, 7) is 6.98. The third-order valence-corrected chi connectivity index (χ3v) is 4.90. The van der Waals surface area contributed by atoms with E-state index >= 15 is 0 Å². The fraction of sp³-hybridized carbons (Fsp3) is 0.421. The fourth-order valence-electron chi connectivity index (χ4n) is 3.31. The van der Waals surface area contributed by atoms with Crippen molar-refractivity contribution in [3.05, 3.63) is 48.0 Å². The van der Waals surface area contributed by atoms with E-state index < -0.39 is 0 Å². The van der Waals surface area contributed by atoms with Gasteiger partial charge in [-0.2, -0.15) is 5.10 Å². The third-order valence-electron chi connectivity index (χ3n) is 4.90. The van der Waals surface area contributed by atoms with E-state index in [9.17, 15) is 0 Å².